The fraction of sp³-hybridized carbons (Fsp3) is 0.381. The van der Waals surface area contributed by atoms with E-state index in [1.807, 2.05) is 17.8 Å². The molecule has 0 aliphatic heterocycles. The Labute approximate surface area is 149 Å². The molecule has 1 N–H and O–H groups in total. The highest BCUT2D eigenvalue weighted by Crippen LogP contribution is 2.27. The maximum atomic E-state index is 12.4. The van der Waals surface area contributed by atoms with Crippen LogP contribution in [0.3, 0.4) is 0 Å². The van der Waals surface area contributed by atoms with Crippen molar-refractivity contribution in [3.63, 3.8) is 0 Å². The molecule has 0 atom stereocenters. The van der Waals surface area contributed by atoms with E-state index in [9.17, 15) is 4.79 Å². The summed E-state index contributed by atoms with van der Waals surface area (Å²) in [5.41, 5.74) is 3.39. The molecule has 2 nitrogen and oxygen atoms in total. The van der Waals surface area contributed by atoms with E-state index in [1.165, 1.54) is 29.7 Å². The smallest absolute Gasteiger partial charge is 0.227 e. The Balaban J connectivity index is 1.58. The van der Waals surface area contributed by atoms with Crippen molar-refractivity contribution < 1.29 is 4.79 Å². The number of hydrogen-bond acceptors (Lipinski definition) is 2. The third-order valence-electron chi connectivity index (χ3n) is 4.67. The number of amides is 1. The minimum absolute atomic E-state index is 0.198. The molecule has 0 bridgehead atoms. The van der Waals surface area contributed by atoms with Gasteiger partial charge in [0.1, 0.15) is 0 Å². The van der Waals surface area contributed by atoms with Gasteiger partial charge in [0.25, 0.3) is 0 Å². The standard InChI is InChI=1S/C21H25NOS/c1-16-14-17(15-24-19-10-6-3-7-11-19)12-13-20(16)22-21(23)18-8-4-2-5-9-18/h3,6-7,10-14,18H,2,4-5,8-9,15H2,1H3,(H,22,23). The number of anilines is 1. The number of carbonyl (C=O) groups is 1. The molecule has 3 heteroatoms. The highest BCUT2D eigenvalue weighted by Gasteiger charge is 2.21. The van der Waals surface area contributed by atoms with Crippen molar-refractivity contribution in [1.82, 2.24) is 0 Å². The number of hydrogen-bond donors (Lipinski definition) is 1. The highest BCUT2D eigenvalue weighted by molar-refractivity contribution is 7.98. The van der Waals surface area contributed by atoms with Crippen molar-refractivity contribution in [1.29, 1.82) is 0 Å². The number of benzene rings is 2. The summed E-state index contributed by atoms with van der Waals surface area (Å²) in [4.78, 5) is 13.7. The Morgan fingerprint density at radius 1 is 1.08 bits per heavy atom. The van der Waals surface area contributed by atoms with Crippen molar-refractivity contribution in [3.8, 4) is 0 Å². The van der Waals surface area contributed by atoms with Crippen LogP contribution in [0.15, 0.2) is 53.4 Å². The van der Waals surface area contributed by atoms with Gasteiger partial charge in [0.05, 0.1) is 0 Å². The molecule has 1 aliphatic carbocycles. The second-order valence-corrected chi connectivity index (χ2v) is 7.62. The van der Waals surface area contributed by atoms with Crippen molar-refractivity contribution in [2.75, 3.05) is 5.32 Å². The molecular formula is C21H25NOS. The second-order valence-electron chi connectivity index (χ2n) is 6.58. The van der Waals surface area contributed by atoms with Crippen LogP contribution in [0.2, 0.25) is 0 Å². The normalized spacial score (nSPS) is 15.2. The Kier molecular flexibility index (Phi) is 5.97. The van der Waals surface area contributed by atoms with Gasteiger partial charge in [-0.25, -0.2) is 0 Å². The SMILES string of the molecule is Cc1cc(CSc2ccccc2)ccc1NC(=O)C1CCCCC1. The molecule has 0 spiro atoms. The third-order valence-corrected chi connectivity index (χ3v) is 5.76. The van der Waals surface area contributed by atoms with Gasteiger partial charge < -0.3 is 5.32 Å². The lowest BCUT2D eigenvalue weighted by atomic mass is 9.88. The quantitative estimate of drug-likeness (QED) is 0.697. The zero-order chi connectivity index (χ0) is 16.8. The van der Waals surface area contributed by atoms with E-state index in [2.05, 4.69) is 54.7 Å². The molecule has 0 unspecified atom stereocenters. The number of aryl methyl sites for hydroxylation is 1. The summed E-state index contributed by atoms with van der Waals surface area (Å²) in [6, 6.07) is 16.8. The molecule has 1 fully saturated rings. The predicted molar refractivity (Wildman–Crippen MR) is 102 cm³/mol. The van der Waals surface area contributed by atoms with Gasteiger partial charge in [-0.15, -0.1) is 11.8 Å². The van der Waals surface area contributed by atoms with Crippen LogP contribution in [0.4, 0.5) is 5.69 Å². The summed E-state index contributed by atoms with van der Waals surface area (Å²) in [7, 11) is 0. The first-order valence-electron chi connectivity index (χ1n) is 8.80. The van der Waals surface area contributed by atoms with Crippen LogP contribution in [0, 0.1) is 12.8 Å². The zero-order valence-electron chi connectivity index (χ0n) is 14.3. The minimum Gasteiger partial charge on any atom is -0.326 e. The van der Waals surface area contributed by atoms with Crippen molar-refractivity contribution in [2.45, 2.75) is 49.7 Å². The van der Waals surface area contributed by atoms with Gasteiger partial charge in [0.2, 0.25) is 5.91 Å². The largest absolute Gasteiger partial charge is 0.326 e. The molecule has 0 heterocycles. The molecule has 0 radical (unpaired) electrons. The summed E-state index contributed by atoms with van der Waals surface area (Å²) >= 11 is 1.84. The van der Waals surface area contributed by atoms with Gasteiger partial charge in [-0.2, -0.15) is 0 Å². The van der Waals surface area contributed by atoms with E-state index in [4.69, 9.17) is 0 Å². The Bertz CT molecular complexity index is 677. The fourth-order valence-corrected chi connectivity index (χ4v) is 4.10. The first-order valence-corrected chi connectivity index (χ1v) is 9.79. The number of carbonyl (C=O) groups excluding carboxylic acids is 1. The van der Waals surface area contributed by atoms with Gasteiger partial charge >= 0.3 is 0 Å². The summed E-state index contributed by atoms with van der Waals surface area (Å²) in [5.74, 6) is 1.34. The van der Waals surface area contributed by atoms with E-state index in [0.717, 1.165) is 29.8 Å². The summed E-state index contributed by atoms with van der Waals surface area (Å²) < 4.78 is 0. The van der Waals surface area contributed by atoms with Crippen LogP contribution in [0.5, 0.6) is 0 Å². The van der Waals surface area contributed by atoms with E-state index in [0.29, 0.717) is 0 Å². The highest BCUT2D eigenvalue weighted by atomic mass is 32.2. The van der Waals surface area contributed by atoms with Gasteiger partial charge in [-0.05, 0) is 49.1 Å². The molecule has 1 saturated carbocycles. The van der Waals surface area contributed by atoms with E-state index < -0.39 is 0 Å². The maximum absolute atomic E-state index is 12.4. The topological polar surface area (TPSA) is 29.1 Å². The molecule has 3 rings (SSSR count). The molecule has 2 aromatic carbocycles. The van der Waals surface area contributed by atoms with Crippen LogP contribution in [-0.2, 0) is 10.5 Å². The fourth-order valence-electron chi connectivity index (χ4n) is 3.24. The van der Waals surface area contributed by atoms with E-state index in [-0.39, 0.29) is 11.8 Å². The Morgan fingerprint density at radius 3 is 2.54 bits per heavy atom. The first kappa shape index (κ1) is 17.1. The lowest BCUT2D eigenvalue weighted by molar-refractivity contribution is -0.120. The van der Waals surface area contributed by atoms with Gasteiger partial charge in [-0.1, -0.05) is 49.6 Å². The van der Waals surface area contributed by atoms with Crippen LogP contribution in [0.25, 0.3) is 0 Å². The Morgan fingerprint density at radius 2 is 1.83 bits per heavy atom. The van der Waals surface area contributed by atoms with Crippen LogP contribution < -0.4 is 5.32 Å². The molecule has 126 valence electrons. The van der Waals surface area contributed by atoms with Crippen molar-refractivity contribution >= 4 is 23.4 Å². The van der Waals surface area contributed by atoms with E-state index in [1.54, 1.807) is 0 Å². The molecule has 24 heavy (non-hydrogen) atoms. The lowest BCUT2D eigenvalue weighted by Gasteiger charge is -2.21. The minimum atomic E-state index is 0.198. The van der Waals surface area contributed by atoms with Gasteiger partial charge in [0, 0.05) is 22.3 Å². The third kappa shape index (κ3) is 4.64. The van der Waals surface area contributed by atoms with Gasteiger partial charge in [-0.3, -0.25) is 4.79 Å². The molecule has 1 aliphatic rings. The molecular weight excluding hydrogens is 314 g/mol. The Hall–Kier alpha value is -1.74. The van der Waals surface area contributed by atoms with Crippen molar-refractivity contribution in [3.05, 3.63) is 59.7 Å². The van der Waals surface area contributed by atoms with Crippen LogP contribution >= 0.6 is 11.8 Å². The monoisotopic (exact) mass is 339 g/mol. The number of thioether (sulfide) groups is 1. The molecule has 0 aromatic heterocycles. The molecule has 0 saturated heterocycles. The maximum Gasteiger partial charge on any atom is 0.227 e. The van der Waals surface area contributed by atoms with Crippen molar-refractivity contribution in [2.24, 2.45) is 5.92 Å². The average molecular weight is 340 g/mol. The van der Waals surface area contributed by atoms with Crippen LogP contribution in [0.1, 0.15) is 43.2 Å². The summed E-state index contributed by atoms with van der Waals surface area (Å²) in [6.07, 6.45) is 5.73. The number of rotatable bonds is 5. The summed E-state index contributed by atoms with van der Waals surface area (Å²) in [5, 5.41) is 3.14. The van der Waals surface area contributed by atoms with E-state index >= 15 is 0 Å². The zero-order valence-corrected chi connectivity index (χ0v) is 15.1. The first-order chi connectivity index (χ1) is 11.7. The van der Waals surface area contributed by atoms with Gasteiger partial charge in [0.15, 0.2) is 0 Å². The lowest BCUT2D eigenvalue weighted by Crippen LogP contribution is -2.25. The molecule has 1 amide bonds. The summed E-state index contributed by atoms with van der Waals surface area (Å²) in [6.45, 7) is 2.08. The number of nitrogens with one attached hydrogen (secondary N) is 1. The van der Waals surface area contributed by atoms with Crippen LogP contribution in [-0.4, -0.2) is 5.91 Å². The predicted octanol–water partition coefficient (Wildman–Crippen LogP) is 5.81. The second kappa shape index (κ2) is 8.39. The average Bonchev–Trinajstić information content (AvgIpc) is 2.63. The molecule has 2 aromatic rings.